The van der Waals surface area contributed by atoms with E-state index in [0.717, 1.165) is 51.3 Å². The second-order valence-corrected chi connectivity index (χ2v) is 7.25. The molecule has 0 saturated carbocycles. The van der Waals surface area contributed by atoms with Crippen LogP contribution < -0.4 is 11.0 Å². The molecule has 3 aromatic rings. The van der Waals surface area contributed by atoms with Gasteiger partial charge in [0, 0.05) is 28.3 Å². The predicted octanol–water partition coefficient (Wildman–Crippen LogP) is 4.45. The zero-order chi connectivity index (χ0) is 18.0. The van der Waals surface area contributed by atoms with Crippen LogP contribution in [-0.4, -0.2) is 4.57 Å². The molecule has 2 aromatic carbocycles. The van der Waals surface area contributed by atoms with E-state index in [0.29, 0.717) is 0 Å². The molecule has 1 aromatic heterocycles. The Labute approximate surface area is 155 Å². The lowest BCUT2D eigenvalue weighted by Crippen LogP contribution is -2.33. The summed E-state index contributed by atoms with van der Waals surface area (Å²) in [7, 11) is 0. The molecule has 2 aliphatic carbocycles. The summed E-state index contributed by atoms with van der Waals surface area (Å²) in [5.74, 6) is 0. The number of benzene rings is 2. The van der Waals surface area contributed by atoms with Crippen LogP contribution in [0.1, 0.15) is 12.8 Å². The molecule has 3 bridgehead atoms. The summed E-state index contributed by atoms with van der Waals surface area (Å²) >= 11 is 0. The van der Waals surface area contributed by atoms with Gasteiger partial charge in [0.25, 0.3) is 5.56 Å². The third-order valence-corrected chi connectivity index (χ3v) is 5.64. The normalized spacial score (nSPS) is 20.9. The topological polar surface area (TPSA) is 34.4 Å². The number of allylic oxidation sites excluding steroid dienone is 9. The standard InChI is InChI=1S/C24H16N2O/c27-24-20-11-4-8-16-7-3-10-19(22(16)20)23-25-21-12-2-6-15-5-1-9-18(26(23)24)14-17(21)13-15/h1-12H,13-14H2/b5-1-,18-9+. The van der Waals surface area contributed by atoms with Gasteiger partial charge in [-0.25, -0.2) is 4.99 Å². The average molecular weight is 348 g/mol. The van der Waals surface area contributed by atoms with Crippen LogP contribution in [-0.2, 0) is 0 Å². The van der Waals surface area contributed by atoms with Crippen molar-refractivity contribution >= 4 is 27.2 Å². The highest BCUT2D eigenvalue weighted by Gasteiger charge is 2.21. The Kier molecular flexibility index (Phi) is 2.87. The van der Waals surface area contributed by atoms with Crippen LogP contribution in [0, 0.1) is 0 Å². The van der Waals surface area contributed by atoms with E-state index in [1.807, 2.05) is 28.8 Å². The molecular formula is C24H16N2O. The molecule has 3 heteroatoms. The van der Waals surface area contributed by atoms with Crippen LogP contribution in [0.25, 0.3) is 27.2 Å². The highest BCUT2D eigenvalue weighted by Crippen LogP contribution is 2.32. The van der Waals surface area contributed by atoms with Crippen molar-refractivity contribution in [2.24, 2.45) is 4.99 Å². The van der Waals surface area contributed by atoms with Crippen LogP contribution in [0.15, 0.2) is 99.5 Å². The third-order valence-electron chi connectivity index (χ3n) is 5.64. The Bertz CT molecular complexity index is 1420. The molecule has 2 heterocycles. The van der Waals surface area contributed by atoms with Crippen molar-refractivity contribution in [2.75, 3.05) is 0 Å². The zero-order valence-corrected chi connectivity index (χ0v) is 14.6. The van der Waals surface area contributed by atoms with Crippen LogP contribution in [0.5, 0.6) is 0 Å². The lowest BCUT2D eigenvalue weighted by molar-refractivity contribution is 0.928. The number of aromatic nitrogens is 1. The monoisotopic (exact) mass is 348 g/mol. The lowest BCUT2D eigenvalue weighted by atomic mass is 9.97. The first-order valence-electron chi connectivity index (χ1n) is 9.21. The maximum atomic E-state index is 13.5. The molecule has 0 N–H and O–H groups in total. The van der Waals surface area contributed by atoms with E-state index in [-0.39, 0.29) is 5.56 Å². The molecule has 0 amide bonds. The minimum absolute atomic E-state index is 0.00989. The van der Waals surface area contributed by atoms with Gasteiger partial charge < -0.3 is 0 Å². The van der Waals surface area contributed by atoms with Gasteiger partial charge in [0.2, 0.25) is 0 Å². The number of pyridine rings is 1. The van der Waals surface area contributed by atoms with Crippen molar-refractivity contribution in [2.45, 2.75) is 12.8 Å². The second kappa shape index (κ2) is 5.27. The number of rotatable bonds is 0. The van der Waals surface area contributed by atoms with Crippen LogP contribution >= 0.6 is 0 Å². The summed E-state index contributed by atoms with van der Waals surface area (Å²) in [6.45, 7) is 0. The molecule has 1 aliphatic heterocycles. The summed E-state index contributed by atoms with van der Waals surface area (Å²) in [4.78, 5) is 18.5. The van der Waals surface area contributed by atoms with Gasteiger partial charge in [-0.05, 0) is 41.2 Å². The molecule has 128 valence electrons. The summed E-state index contributed by atoms with van der Waals surface area (Å²) in [6, 6.07) is 12.1. The van der Waals surface area contributed by atoms with E-state index >= 15 is 0 Å². The second-order valence-electron chi connectivity index (χ2n) is 7.25. The predicted molar refractivity (Wildman–Crippen MR) is 109 cm³/mol. The van der Waals surface area contributed by atoms with Crippen molar-refractivity contribution in [1.29, 1.82) is 0 Å². The van der Waals surface area contributed by atoms with Crippen molar-refractivity contribution in [1.82, 2.24) is 4.57 Å². The number of nitrogens with zero attached hydrogens (tertiary/aromatic N) is 2. The highest BCUT2D eigenvalue weighted by atomic mass is 16.1. The zero-order valence-electron chi connectivity index (χ0n) is 14.6. The quantitative estimate of drug-likeness (QED) is 0.591. The molecule has 0 spiro atoms. The fourth-order valence-electron chi connectivity index (χ4n) is 4.41. The minimum atomic E-state index is 0.00989. The van der Waals surface area contributed by atoms with Gasteiger partial charge in [-0.3, -0.25) is 9.36 Å². The van der Waals surface area contributed by atoms with Gasteiger partial charge in [0.1, 0.15) is 5.49 Å². The lowest BCUT2D eigenvalue weighted by Gasteiger charge is -2.15. The van der Waals surface area contributed by atoms with E-state index < -0.39 is 0 Å². The largest absolute Gasteiger partial charge is 0.268 e. The number of hydrogen-bond donors (Lipinski definition) is 0. The molecule has 0 fully saturated rings. The van der Waals surface area contributed by atoms with Gasteiger partial charge in [-0.1, -0.05) is 54.6 Å². The van der Waals surface area contributed by atoms with Gasteiger partial charge in [0.05, 0.1) is 5.70 Å². The van der Waals surface area contributed by atoms with Gasteiger partial charge in [0.15, 0.2) is 0 Å². The van der Waals surface area contributed by atoms with Gasteiger partial charge in [-0.15, -0.1) is 0 Å². The molecule has 27 heavy (non-hydrogen) atoms. The molecule has 3 aliphatic rings. The van der Waals surface area contributed by atoms with E-state index in [1.165, 1.54) is 11.1 Å². The Balaban J connectivity index is 1.89. The number of hydrogen-bond acceptors (Lipinski definition) is 2. The summed E-state index contributed by atoms with van der Waals surface area (Å²) < 4.78 is 1.82. The van der Waals surface area contributed by atoms with Crippen molar-refractivity contribution in [3.8, 4) is 0 Å². The highest BCUT2D eigenvalue weighted by molar-refractivity contribution is 6.09. The Morgan fingerprint density at radius 2 is 1.70 bits per heavy atom. The maximum Gasteiger partial charge on any atom is 0.264 e. The SMILES string of the molecule is O=c1c2cccc3cccc(c4n1/C1=C/C=C\C5=CC=CC(=C(C5)C1)N=4)c32. The van der Waals surface area contributed by atoms with Crippen LogP contribution in [0.4, 0.5) is 0 Å². The Hall–Kier alpha value is -3.46. The molecule has 0 atom stereocenters. The molecule has 0 unspecified atom stereocenters. The maximum absolute atomic E-state index is 13.5. The summed E-state index contributed by atoms with van der Waals surface area (Å²) in [5, 5.41) is 3.86. The van der Waals surface area contributed by atoms with Crippen LogP contribution in [0.2, 0.25) is 0 Å². The summed E-state index contributed by atoms with van der Waals surface area (Å²) in [6.07, 6.45) is 14.1. The van der Waals surface area contributed by atoms with E-state index in [4.69, 9.17) is 4.99 Å². The van der Waals surface area contributed by atoms with Gasteiger partial charge in [-0.2, -0.15) is 0 Å². The molecular weight excluding hydrogens is 332 g/mol. The molecule has 0 radical (unpaired) electrons. The Morgan fingerprint density at radius 1 is 0.889 bits per heavy atom. The fraction of sp³-hybridized carbons (Fsp3) is 0.0833. The van der Waals surface area contributed by atoms with E-state index in [1.54, 1.807) is 0 Å². The first kappa shape index (κ1) is 14.7. The number of fused-ring (bicyclic) bond motifs is 5. The van der Waals surface area contributed by atoms with Crippen molar-refractivity contribution in [3.63, 3.8) is 0 Å². The molecule has 0 saturated heterocycles. The van der Waals surface area contributed by atoms with E-state index in [2.05, 4.69) is 48.6 Å². The summed E-state index contributed by atoms with van der Waals surface area (Å²) in [5.41, 5.74) is 5.24. The molecule has 3 nitrogen and oxygen atoms in total. The van der Waals surface area contributed by atoms with E-state index in [9.17, 15) is 4.79 Å². The van der Waals surface area contributed by atoms with Crippen molar-refractivity contribution < 1.29 is 0 Å². The minimum Gasteiger partial charge on any atom is -0.268 e. The average Bonchev–Trinajstić information content (AvgIpc) is 2.95. The fourth-order valence-corrected chi connectivity index (χ4v) is 4.41. The smallest absolute Gasteiger partial charge is 0.264 e. The molecule has 6 rings (SSSR count). The van der Waals surface area contributed by atoms with Crippen molar-refractivity contribution in [3.05, 3.63) is 106 Å². The van der Waals surface area contributed by atoms with Crippen LogP contribution in [0.3, 0.4) is 0 Å². The first-order chi connectivity index (χ1) is 13.3. The first-order valence-corrected chi connectivity index (χ1v) is 9.21. The third kappa shape index (κ3) is 2.02. The van der Waals surface area contributed by atoms with Gasteiger partial charge >= 0.3 is 0 Å². The Morgan fingerprint density at radius 3 is 2.59 bits per heavy atom.